The van der Waals surface area contributed by atoms with E-state index in [2.05, 4.69) is 66.5 Å². The lowest BCUT2D eigenvalue weighted by molar-refractivity contribution is -0.134. The van der Waals surface area contributed by atoms with Gasteiger partial charge in [-0.3, -0.25) is 29.3 Å². The molecule has 0 radical (unpaired) electrons. The highest BCUT2D eigenvalue weighted by Crippen LogP contribution is 2.35. The van der Waals surface area contributed by atoms with E-state index < -0.39 is 0 Å². The van der Waals surface area contributed by atoms with E-state index >= 15 is 0 Å². The molecule has 2 N–H and O–H groups in total. The van der Waals surface area contributed by atoms with E-state index in [1.807, 2.05) is 18.2 Å². The first kappa shape index (κ1) is 32.9. The van der Waals surface area contributed by atoms with Crippen LogP contribution in [0.2, 0.25) is 0 Å². The summed E-state index contributed by atoms with van der Waals surface area (Å²) in [4.78, 5) is 46.7. The molecule has 0 spiro atoms. The second kappa shape index (κ2) is 13.8. The number of piperidine rings is 1. The van der Waals surface area contributed by atoms with Crippen molar-refractivity contribution in [1.82, 2.24) is 34.6 Å². The van der Waals surface area contributed by atoms with Crippen LogP contribution in [0.25, 0.3) is 16.6 Å². The largest absolute Gasteiger partial charge is 0.496 e. The fourth-order valence-electron chi connectivity index (χ4n) is 8.09. The van der Waals surface area contributed by atoms with Crippen LogP contribution in [0.1, 0.15) is 72.0 Å². The molecule has 0 bridgehead atoms. The van der Waals surface area contributed by atoms with Crippen molar-refractivity contribution in [3.8, 4) is 5.75 Å². The van der Waals surface area contributed by atoms with Gasteiger partial charge in [0.2, 0.25) is 11.8 Å². The minimum atomic E-state index is -0.298. The van der Waals surface area contributed by atoms with E-state index in [1.54, 1.807) is 30.1 Å². The van der Waals surface area contributed by atoms with E-state index in [4.69, 9.17) is 9.84 Å². The number of hydrogen-bond acceptors (Lipinski definition) is 9. The Kier molecular flexibility index (Phi) is 8.89. The molecule has 2 saturated heterocycles. The van der Waals surface area contributed by atoms with Gasteiger partial charge in [0.25, 0.3) is 5.91 Å². The summed E-state index contributed by atoms with van der Waals surface area (Å²) in [6, 6.07) is 14.0. The van der Waals surface area contributed by atoms with Crippen molar-refractivity contribution in [2.75, 3.05) is 50.1 Å². The number of nitrogens with zero attached hydrogens (tertiary/aromatic N) is 7. The number of benzene rings is 2. The average Bonchev–Trinajstić information content (AvgIpc) is 3.76. The standard InChI is InChI=1S/C38H43N9O4/c1-24-18-28(9-10-29(24)30-11-12-36(48)42-37(30)49)45-16-14-44(15-17-45)22-25-5-7-27(8-6-25)46-23-26-19-31(33(51-2)20-32(26)43-46)38(50)41-35-21-39-34-4-3-13-40-47(34)35/h3-4,9-10,13,18-21,23,25,27,30H,5-8,11-12,14-17,22H2,1-2H3,(H,41,50)(H,42,48,49). The number of carbonyl (C=O) groups excluding carboxylic acids is 3. The van der Waals surface area contributed by atoms with Crippen LogP contribution < -0.4 is 20.3 Å². The Hall–Kier alpha value is -5.30. The van der Waals surface area contributed by atoms with E-state index in [0.717, 1.165) is 80.4 Å². The summed E-state index contributed by atoms with van der Waals surface area (Å²) in [5.41, 5.74) is 5.21. The summed E-state index contributed by atoms with van der Waals surface area (Å²) in [5, 5.41) is 15.5. The predicted octanol–water partition coefficient (Wildman–Crippen LogP) is 4.72. The maximum Gasteiger partial charge on any atom is 0.260 e. The second-order valence-corrected chi connectivity index (χ2v) is 14.1. The zero-order valence-corrected chi connectivity index (χ0v) is 29.0. The topological polar surface area (TPSA) is 139 Å². The predicted molar refractivity (Wildman–Crippen MR) is 193 cm³/mol. The van der Waals surface area contributed by atoms with Crippen molar-refractivity contribution in [2.24, 2.45) is 5.92 Å². The number of methoxy groups -OCH3 is 1. The number of aromatic nitrogens is 5. The molecule has 2 aliphatic heterocycles. The zero-order valence-electron chi connectivity index (χ0n) is 29.0. The zero-order chi connectivity index (χ0) is 35.1. The van der Waals surface area contributed by atoms with Crippen LogP contribution >= 0.6 is 0 Å². The third-order valence-electron chi connectivity index (χ3n) is 10.9. The lowest BCUT2D eigenvalue weighted by Gasteiger charge is -2.39. The number of amides is 3. The van der Waals surface area contributed by atoms with Gasteiger partial charge in [0, 0.05) is 68.7 Å². The first-order valence-corrected chi connectivity index (χ1v) is 17.9. The summed E-state index contributed by atoms with van der Waals surface area (Å²) in [6.45, 7) is 7.20. The van der Waals surface area contributed by atoms with Crippen molar-refractivity contribution in [3.63, 3.8) is 0 Å². The summed E-state index contributed by atoms with van der Waals surface area (Å²) in [7, 11) is 1.57. The third kappa shape index (κ3) is 6.65. The smallest absolute Gasteiger partial charge is 0.260 e. The van der Waals surface area contributed by atoms with Crippen LogP contribution in [-0.2, 0) is 9.59 Å². The van der Waals surface area contributed by atoms with Gasteiger partial charge in [-0.1, -0.05) is 6.07 Å². The Morgan fingerprint density at radius 3 is 2.61 bits per heavy atom. The van der Waals surface area contributed by atoms with Gasteiger partial charge in [-0.2, -0.15) is 14.7 Å². The number of nitrogens with one attached hydrogen (secondary N) is 2. The molecule has 51 heavy (non-hydrogen) atoms. The molecule has 1 saturated carbocycles. The van der Waals surface area contributed by atoms with Gasteiger partial charge < -0.3 is 15.0 Å². The molecule has 3 aromatic heterocycles. The number of rotatable bonds is 8. The van der Waals surface area contributed by atoms with Gasteiger partial charge in [-0.25, -0.2) is 4.98 Å². The quantitative estimate of drug-likeness (QED) is 0.222. The van der Waals surface area contributed by atoms with E-state index in [0.29, 0.717) is 47.6 Å². The average molecular weight is 690 g/mol. The van der Waals surface area contributed by atoms with Crippen LogP contribution in [0, 0.1) is 12.8 Å². The van der Waals surface area contributed by atoms with E-state index in [1.165, 1.54) is 5.69 Å². The lowest BCUT2D eigenvalue weighted by Crippen LogP contribution is -2.48. The van der Waals surface area contributed by atoms with Crippen LogP contribution in [-0.4, -0.2) is 86.8 Å². The number of ether oxygens (including phenoxy) is 1. The minimum absolute atomic E-state index is 0.178. The SMILES string of the molecule is COc1cc2nn(C3CCC(CN4CCN(c5ccc(C6CCC(=O)NC6=O)c(C)c5)CC4)CC3)cc2cc1C(=O)Nc1cnc2cccnn12. The molecule has 264 valence electrons. The molecule has 1 unspecified atom stereocenters. The highest BCUT2D eigenvalue weighted by molar-refractivity contribution is 6.08. The van der Waals surface area contributed by atoms with Crippen LogP contribution in [0.4, 0.5) is 11.5 Å². The van der Waals surface area contributed by atoms with Gasteiger partial charge in [0.15, 0.2) is 11.5 Å². The van der Waals surface area contributed by atoms with Gasteiger partial charge in [-0.05, 0) is 86.4 Å². The number of fused-ring (bicyclic) bond motifs is 2. The Morgan fingerprint density at radius 2 is 1.84 bits per heavy atom. The second-order valence-electron chi connectivity index (χ2n) is 14.1. The molecule has 5 aromatic rings. The number of piperazine rings is 1. The first-order chi connectivity index (χ1) is 24.8. The normalized spacial score (nSPS) is 21.6. The van der Waals surface area contributed by atoms with Crippen molar-refractivity contribution in [3.05, 3.63) is 77.7 Å². The van der Waals surface area contributed by atoms with Gasteiger partial charge in [-0.15, -0.1) is 0 Å². The number of imide groups is 1. The number of imidazole rings is 1. The Labute approximate surface area is 295 Å². The fraction of sp³-hybridized carbons (Fsp3) is 0.421. The maximum absolute atomic E-state index is 13.4. The van der Waals surface area contributed by atoms with Crippen molar-refractivity contribution in [2.45, 2.75) is 57.4 Å². The Bertz CT molecular complexity index is 2110. The number of anilines is 2. The van der Waals surface area contributed by atoms with Crippen molar-refractivity contribution in [1.29, 1.82) is 0 Å². The highest BCUT2D eigenvalue weighted by atomic mass is 16.5. The summed E-state index contributed by atoms with van der Waals surface area (Å²) >= 11 is 0. The van der Waals surface area contributed by atoms with Crippen LogP contribution in [0.5, 0.6) is 5.75 Å². The molecule has 3 fully saturated rings. The first-order valence-electron chi connectivity index (χ1n) is 17.9. The Balaban J connectivity index is 0.846. The van der Waals surface area contributed by atoms with Gasteiger partial charge >= 0.3 is 0 Å². The maximum atomic E-state index is 13.4. The van der Waals surface area contributed by atoms with Crippen molar-refractivity contribution < 1.29 is 19.1 Å². The molecule has 13 heteroatoms. The summed E-state index contributed by atoms with van der Waals surface area (Å²) < 4.78 is 9.29. The molecule has 2 aromatic carbocycles. The molecular formula is C38H43N9O4. The van der Waals surface area contributed by atoms with E-state index in [9.17, 15) is 14.4 Å². The Morgan fingerprint density at radius 1 is 1.02 bits per heavy atom. The molecule has 8 rings (SSSR count). The molecule has 1 atom stereocenters. The fourth-order valence-corrected chi connectivity index (χ4v) is 8.09. The molecule has 3 amide bonds. The number of carbonyl (C=O) groups is 3. The lowest BCUT2D eigenvalue weighted by atomic mass is 9.85. The summed E-state index contributed by atoms with van der Waals surface area (Å²) in [6.07, 6.45) is 10.7. The van der Waals surface area contributed by atoms with E-state index in [-0.39, 0.29) is 23.6 Å². The monoisotopic (exact) mass is 689 g/mol. The molecule has 13 nitrogen and oxygen atoms in total. The highest BCUT2D eigenvalue weighted by Gasteiger charge is 2.30. The van der Waals surface area contributed by atoms with Crippen molar-refractivity contribution >= 4 is 45.8 Å². The van der Waals surface area contributed by atoms with Gasteiger partial charge in [0.1, 0.15) is 5.75 Å². The molecule has 5 heterocycles. The number of aryl methyl sites for hydroxylation is 1. The molecule has 3 aliphatic rings. The molecular weight excluding hydrogens is 646 g/mol. The summed E-state index contributed by atoms with van der Waals surface area (Å²) in [5.74, 6) is 0.709. The number of hydrogen-bond donors (Lipinski definition) is 2. The van der Waals surface area contributed by atoms with Crippen LogP contribution in [0.15, 0.2) is 61.1 Å². The third-order valence-corrected chi connectivity index (χ3v) is 10.9. The van der Waals surface area contributed by atoms with Crippen LogP contribution in [0.3, 0.4) is 0 Å². The van der Waals surface area contributed by atoms with Gasteiger partial charge in [0.05, 0.1) is 36.3 Å². The minimum Gasteiger partial charge on any atom is -0.496 e. The molecule has 1 aliphatic carbocycles.